The zero-order valence-corrected chi connectivity index (χ0v) is 9.78. The fourth-order valence-electron chi connectivity index (χ4n) is 2.28. The van der Waals surface area contributed by atoms with E-state index in [1.807, 2.05) is 0 Å². The van der Waals surface area contributed by atoms with E-state index in [4.69, 9.17) is 5.73 Å². The highest BCUT2D eigenvalue weighted by Gasteiger charge is 2.27. The largest absolute Gasteiger partial charge is 0.387 e. The highest BCUT2D eigenvalue weighted by Crippen LogP contribution is 2.29. The molecule has 15 heavy (non-hydrogen) atoms. The van der Waals surface area contributed by atoms with Crippen molar-refractivity contribution in [3.05, 3.63) is 0 Å². The standard InChI is InChI=1S/C12H23N3/c1-2-7-15-8-5-11(6-9-15)14-12(13)10-3-4-10/h10-11H,2-9H2,1H3,(H2,13,14). The van der Waals surface area contributed by atoms with Gasteiger partial charge in [0.1, 0.15) is 0 Å². The van der Waals surface area contributed by atoms with Gasteiger partial charge in [-0.25, -0.2) is 0 Å². The summed E-state index contributed by atoms with van der Waals surface area (Å²) < 4.78 is 0. The summed E-state index contributed by atoms with van der Waals surface area (Å²) in [7, 11) is 0. The summed E-state index contributed by atoms with van der Waals surface area (Å²) in [6.45, 7) is 5.91. The Bertz CT molecular complexity index is 225. The van der Waals surface area contributed by atoms with Gasteiger partial charge in [-0.1, -0.05) is 6.92 Å². The second kappa shape index (κ2) is 4.97. The minimum atomic E-state index is 0.513. The number of nitrogens with zero attached hydrogens (tertiary/aromatic N) is 2. The van der Waals surface area contributed by atoms with Gasteiger partial charge in [0, 0.05) is 19.0 Å². The predicted molar refractivity (Wildman–Crippen MR) is 64.1 cm³/mol. The zero-order chi connectivity index (χ0) is 10.7. The molecular weight excluding hydrogens is 186 g/mol. The van der Waals surface area contributed by atoms with Crippen molar-refractivity contribution in [1.82, 2.24) is 4.90 Å². The predicted octanol–water partition coefficient (Wildman–Crippen LogP) is 1.63. The quantitative estimate of drug-likeness (QED) is 0.565. The molecule has 1 heterocycles. The number of aliphatic imine (C=N–C) groups is 1. The molecular formula is C12H23N3. The van der Waals surface area contributed by atoms with Gasteiger partial charge in [0.15, 0.2) is 0 Å². The fraction of sp³-hybridized carbons (Fsp3) is 0.917. The molecule has 0 radical (unpaired) electrons. The van der Waals surface area contributed by atoms with Crippen LogP contribution in [0.5, 0.6) is 0 Å². The first-order valence-electron chi connectivity index (χ1n) is 6.35. The van der Waals surface area contributed by atoms with Gasteiger partial charge in [0.05, 0.1) is 11.9 Å². The third-order valence-electron chi connectivity index (χ3n) is 3.42. The van der Waals surface area contributed by atoms with Gasteiger partial charge in [-0.15, -0.1) is 0 Å². The van der Waals surface area contributed by atoms with Crippen LogP contribution < -0.4 is 5.73 Å². The molecule has 2 aliphatic rings. The van der Waals surface area contributed by atoms with Gasteiger partial charge in [0.2, 0.25) is 0 Å². The lowest BCUT2D eigenvalue weighted by molar-refractivity contribution is 0.214. The van der Waals surface area contributed by atoms with Crippen molar-refractivity contribution in [2.45, 2.75) is 45.1 Å². The van der Waals surface area contributed by atoms with Gasteiger partial charge < -0.3 is 10.6 Å². The first kappa shape index (κ1) is 10.9. The molecule has 1 saturated carbocycles. The maximum Gasteiger partial charge on any atom is 0.0971 e. The van der Waals surface area contributed by atoms with Crippen LogP contribution in [0.2, 0.25) is 0 Å². The van der Waals surface area contributed by atoms with E-state index in [9.17, 15) is 0 Å². The van der Waals surface area contributed by atoms with Crippen LogP contribution in [0.1, 0.15) is 39.0 Å². The molecule has 2 fully saturated rings. The fourth-order valence-corrected chi connectivity index (χ4v) is 2.28. The Kier molecular flexibility index (Phi) is 3.62. The van der Waals surface area contributed by atoms with Crippen LogP contribution in [0.25, 0.3) is 0 Å². The lowest BCUT2D eigenvalue weighted by Gasteiger charge is -2.29. The number of piperidine rings is 1. The molecule has 3 nitrogen and oxygen atoms in total. The second-order valence-electron chi connectivity index (χ2n) is 4.90. The highest BCUT2D eigenvalue weighted by molar-refractivity contribution is 5.85. The molecule has 0 aromatic carbocycles. The van der Waals surface area contributed by atoms with Crippen LogP contribution in [0.4, 0.5) is 0 Å². The Balaban J connectivity index is 1.75. The van der Waals surface area contributed by atoms with Crippen molar-refractivity contribution in [1.29, 1.82) is 0 Å². The Hall–Kier alpha value is -0.570. The third-order valence-corrected chi connectivity index (χ3v) is 3.42. The molecule has 3 heteroatoms. The molecule has 0 aromatic rings. The SMILES string of the molecule is CCCN1CCC(N=C(N)C2CC2)CC1. The van der Waals surface area contributed by atoms with E-state index in [-0.39, 0.29) is 0 Å². The first-order valence-corrected chi connectivity index (χ1v) is 6.35. The van der Waals surface area contributed by atoms with Crippen LogP contribution in [-0.4, -0.2) is 36.4 Å². The van der Waals surface area contributed by atoms with Crippen molar-refractivity contribution >= 4 is 5.84 Å². The van der Waals surface area contributed by atoms with E-state index in [1.54, 1.807) is 0 Å². The number of hydrogen-bond acceptors (Lipinski definition) is 2. The molecule has 0 bridgehead atoms. The van der Waals surface area contributed by atoms with Crippen LogP contribution >= 0.6 is 0 Å². The summed E-state index contributed by atoms with van der Waals surface area (Å²) in [6, 6.07) is 0.513. The van der Waals surface area contributed by atoms with Crippen LogP contribution in [-0.2, 0) is 0 Å². The number of hydrogen-bond donors (Lipinski definition) is 1. The van der Waals surface area contributed by atoms with Crippen molar-refractivity contribution in [2.24, 2.45) is 16.6 Å². The maximum atomic E-state index is 5.94. The van der Waals surface area contributed by atoms with Gasteiger partial charge in [-0.2, -0.15) is 0 Å². The molecule has 0 aromatic heterocycles. The molecule has 0 unspecified atom stereocenters. The normalized spacial score (nSPS) is 25.8. The molecule has 86 valence electrons. The van der Waals surface area contributed by atoms with Crippen molar-refractivity contribution in [2.75, 3.05) is 19.6 Å². The zero-order valence-electron chi connectivity index (χ0n) is 9.78. The van der Waals surface area contributed by atoms with E-state index in [1.165, 1.54) is 51.7 Å². The Labute approximate surface area is 92.7 Å². The number of likely N-dealkylation sites (tertiary alicyclic amines) is 1. The third kappa shape index (κ3) is 3.20. The van der Waals surface area contributed by atoms with Gasteiger partial charge in [-0.3, -0.25) is 4.99 Å². The smallest absolute Gasteiger partial charge is 0.0971 e. The summed E-state index contributed by atoms with van der Waals surface area (Å²) in [4.78, 5) is 7.20. The van der Waals surface area contributed by atoms with E-state index >= 15 is 0 Å². The van der Waals surface area contributed by atoms with E-state index in [0.717, 1.165) is 5.84 Å². The van der Waals surface area contributed by atoms with Crippen LogP contribution in [0.15, 0.2) is 4.99 Å². The summed E-state index contributed by atoms with van der Waals surface area (Å²) in [6.07, 6.45) is 6.20. The maximum absolute atomic E-state index is 5.94. The lowest BCUT2D eigenvalue weighted by Crippen LogP contribution is -2.36. The van der Waals surface area contributed by atoms with Crippen LogP contribution in [0.3, 0.4) is 0 Å². The topological polar surface area (TPSA) is 41.6 Å². The molecule has 1 saturated heterocycles. The van der Waals surface area contributed by atoms with Gasteiger partial charge in [0.25, 0.3) is 0 Å². The molecule has 0 spiro atoms. The average molecular weight is 209 g/mol. The molecule has 0 atom stereocenters. The molecule has 0 amide bonds. The van der Waals surface area contributed by atoms with E-state index < -0.39 is 0 Å². The summed E-state index contributed by atoms with van der Waals surface area (Å²) in [5, 5.41) is 0. The van der Waals surface area contributed by atoms with Gasteiger partial charge in [-0.05, 0) is 38.6 Å². The molecule has 2 rings (SSSR count). The Morgan fingerprint density at radius 2 is 1.93 bits per heavy atom. The number of rotatable bonds is 4. The van der Waals surface area contributed by atoms with Crippen molar-refractivity contribution < 1.29 is 0 Å². The monoisotopic (exact) mass is 209 g/mol. The summed E-state index contributed by atoms with van der Waals surface area (Å²) >= 11 is 0. The molecule has 2 N–H and O–H groups in total. The lowest BCUT2D eigenvalue weighted by atomic mass is 10.1. The molecule has 1 aliphatic heterocycles. The Morgan fingerprint density at radius 1 is 1.27 bits per heavy atom. The molecule has 1 aliphatic carbocycles. The summed E-state index contributed by atoms with van der Waals surface area (Å²) in [5.41, 5.74) is 5.94. The average Bonchev–Trinajstić information content (AvgIpc) is 3.04. The minimum absolute atomic E-state index is 0.513. The minimum Gasteiger partial charge on any atom is -0.387 e. The highest BCUT2D eigenvalue weighted by atomic mass is 15.1. The van der Waals surface area contributed by atoms with Crippen molar-refractivity contribution in [3.8, 4) is 0 Å². The van der Waals surface area contributed by atoms with E-state index in [2.05, 4.69) is 16.8 Å². The second-order valence-corrected chi connectivity index (χ2v) is 4.90. The van der Waals surface area contributed by atoms with Crippen LogP contribution in [0, 0.1) is 5.92 Å². The van der Waals surface area contributed by atoms with Crippen molar-refractivity contribution in [3.63, 3.8) is 0 Å². The number of amidine groups is 1. The summed E-state index contributed by atoms with van der Waals surface area (Å²) in [5.74, 6) is 1.57. The first-order chi connectivity index (χ1) is 7.29. The Morgan fingerprint density at radius 3 is 2.47 bits per heavy atom. The number of nitrogens with two attached hydrogens (primary N) is 1. The van der Waals surface area contributed by atoms with Gasteiger partial charge >= 0.3 is 0 Å². The van der Waals surface area contributed by atoms with E-state index in [0.29, 0.717) is 12.0 Å².